The number of hydrogen-bond acceptors (Lipinski definition) is 5. The number of hydrogen-bond donors (Lipinski definition) is 1. The number of amides is 2. The lowest BCUT2D eigenvalue weighted by atomic mass is 9.95. The van der Waals surface area contributed by atoms with Crippen molar-refractivity contribution in [1.29, 1.82) is 0 Å². The van der Waals surface area contributed by atoms with E-state index in [0.717, 1.165) is 12.8 Å². The molecule has 1 saturated carbocycles. The molecule has 1 heterocycles. The van der Waals surface area contributed by atoms with Gasteiger partial charge < -0.3 is 10.2 Å². The second kappa shape index (κ2) is 9.14. The van der Waals surface area contributed by atoms with Gasteiger partial charge in [0.2, 0.25) is 5.91 Å². The lowest BCUT2D eigenvalue weighted by Gasteiger charge is -2.40. The predicted molar refractivity (Wildman–Crippen MR) is 105 cm³/mol. The van der Waals surface area contributed by atoms with Crippen molar-refractivity contribution >= 4 is 17.5 Å². The van der Waals surface area contributed by atoms with Crippen LogP contribution in [-0.2, 0) is 4.79 Å². The third-order valence-corrected chi connectivity index (χ3v) is 5.76. The Hall–Kier alpha value is -2.48. The van der Waals surface area contributed by atoms with Crippen LogP contribution in [0.2, 0.25) is 0 Å². The molecule has 8 heteroatoms. The van der Waals surface area contributed by atoms with Gasteiger partial charge in [-0.15, -0.1) is 0 Å². The molecule has 2 aliphatic rings. The first-order valence-corrected chi connectivity index (χ1v) is 10.1. The predicted octanol–water partition coefficient (Wildman–Crippen LogP) is 2.05. The molecular weight excluding hydrogens is 360 g/mol. The molecular formula is C20H28N4O4. The molecule has 1 unspecified atom stereocenters. The van der Waals surface area contributed by atoms with Gasteiger partial charge in [-0.2, -0.15) is 0 Å². The summed E-state index contributed by atoms with van der Waals surface area (Å²) in [7, 11) is 0. The van der Waals surface area contributed by atoms with Gasteiger partial charge in [0.15, 0.2) is 0 Å². The van der Waals surface area contributed by atoms with Gasteiger partial charge >= 0.3 is 0 Å². The van der Waals surface area contributed by atoms with E-state index in [9.17, 15) is 19.7 Å². The molecule has 28 heavy (non-hydrogen) atoms. The van der Waals surface area contributed by atoms with E-state index in [1.54, 1.807) is 11.0 Å². The standard InChI is InChI=1S/C20H28N4O4/c1-2-21-19(25)18(15-6-3-4-7-15)22-10-12-23(13-11-22)20(26)16-8-5-9-17(14-16)24(27)28/h5,8-9,14-15,18H,2-4,6-7,10-13H2,1H3,(H,21,25). The average Bonchev–Trinajstić information content (AvgIpc) is 3.22. The minimum Gasteiger partial charge on any atom is -0.355 e. The number of benzene rings is 1. The fourth-order valence-corrected chi connectivity index (χ4v) is 4.37. The molecule has 1 aliphatic heterocycles. The van der Waals surface area contributed by atoms with Crippen LogP contribution in [0.5, 0.6) is 0 Å². The van der Waals surface area contributed by atoms with Gasteiger partial charge in [-0.3, -0.25) is 24.6 Å². The Morgan fingerprint density at radius 1 is 1.21 bits per heavy atom. The van der Waals surface area contributed by atoms with Crippen LogP contribution in [0.25, 0.3) is 0 Å². The maximum atomic E-state index is 12.7. The summed E-state index contributed by atoms with van der Waals surface area (Å²) in [6.45, 7) is 4.86. The van der Waals surface area contributed by atoms with E-state index in [0.29, 0.717) is 44.2 Å². The van der Waals surface area contributed by atoms with Crippen molar-refractivity contribution in [2.75, 3.05) is 32.7 Å². The Morgan fingerprint density at radius 2 is 1.89 bits per heavy atom. The molecule has 1 aromatic rings. The molecule has 1 N–H and O–H groups in total. The van der Waals surface area contributed by atoms with E-state index in [2.05, 4.69) is 10.2 Å². The van der Waals surface area contributed by atoms with Crippen LogP contribution in [0, 0.1) is 16.0 Å². The molecule has 1 saturated heterocycles. The number of non-ortho nitro benzene ring substituents is 1. The number of nitro groups is 1. The van der Waals surface area contributed by atoms with Crippen LogP contribution in [0.3, 0.4) is 0 Å². The lowest BCUT2D eigenvalue weighted by Crippen LogP contribution is -2.58. The molecule has 1 aromatic carbocycles. The second-order valence-corrected chi connectivity index (χ2v) is 7.52. The molecule has 0 bridgehead atoms. The van der Waals surface area contributed by atoms with E-state index >= 15 is 0 Å². The van der Waals surface area contributed by atoms with Crippen LogP contribution in [0.1, 0.15) is 43.0 Å². The van der Waals surface area contributed by atoms with Gasteiger partial charge in [-0.05, 0) is 31.7 Å². The molecule has 1 atom stereocenters. The molecule has 8 nitrogen and oxygen atoms in total. The molecule has 152 valence electrons. The first-order valence-electron chi connectivity index (χ1n) is 10.1. The smallest absolute Gasteiger partial charge is 0.270 e. The van der Waals surface area contributed by atoms with Crippen LogP contribution in [0.4, 0.5) is 5.69 Å². The fourth-order valence-electron chi connectivity index (χ4n) is 4.37. The van der Waals surface area contributed by atoms with Crippen molar-refractivity contribution in [1.82, 2.24) is 15.1 Å². The van der Waals surface area contributed by atoms with Crippen molar-refractivity contribution in [2.24, 2.45) is 5.92 Å². The second-order valence-electron chi connectivity index (χ2n) is 7.52. The van der Waals surface area contributed by atoms with Crippen LogP contribution < -0.4 is 5.32 Å². The fraction of sp³-hybridized carbons (Fsp3) is 0.600. The van der Waals surface area contributed by atoms with Gasteiger partial charge in [0.1, 0.15) is 0 Å². The summed E-state index contributed by atoms with van der Waals surface area (Å²) in [5.74, 6) is 0.275. The molecule has 0 spiro atoms. The number of carbonyl (C=O) groups excluding carboxylic acids is 2. The Bertz CT molecular complexity index is 725. The third kappa shape index (κ3) is 4.49. The number of nitrogens with one attached hydrogen (secondary N) is 1. The summed E-state index contributed by atoms with van der Waals surface area (Å²) in [5, 5.41) is 13.9. The summed E-state index contributed by atoms with van der Waals surface area (Å²) in [6.07, 6.45) is 4.50. The Labute approximate surface area is 165 Å². The summed E-state index contributed by atoms with van der Waals surface area (Å²) in [5.41, 5.74) is 0.251. The molecule has 0 aromatic heterocycles. The number of carbonyl (C=O) groups is 2. The minimum atomic E-state index is -0.493. The largest absolute Gasteiger partial charge is 0.355 e. The van der Waals surface area contributed by atoms with E-state index in [1.807, 2.05) is 6.92 Å². The van der Waals surface area contributed by atoms with E-state index < -0.39 is 4.92 Å². The normalized spacial score (nSPS) is 19.4. The van der Waals surface area contributed by atoms with Gasteiger partial charge in [-0.1, -0.05) is 18.9 Å². The van der Waals surface area contributed by atoms with Crippen molar-refractivity contribution in [3.63, 3.8) is 0 Å². The Kier molecular flexibility index (Phi) is 6.61. The maximum absolute atomic E-state index is 12.7. The van der Waals surface area contributed by atoms with Crippen LogP contribution in [0.15, 0.2) is 24.3 Å². The minimum absolute atomic E-state index is 0.0815. The van der Waals surface area contributed by atoms with Crippen molar-refractivity contribution < 1.29 is 14.5 Å². The van der Waals surface area contributed by atoms with Crippen molar-refractivity contribution in [2.45, 2.75) is 38.6 Å². The molecule has 3 rings (SSSR count). The summed E-state index contributed by atoms with van der Waals surface area (Å²) in [6, 6.07) is 5.72. The van der Waals surface area contributed by atoms with Crippen LogP contribution in [-0.4, -0.2) is 65.3 Å². The average molecular weight is 388 g/mol. The zero-order valence-corrected chi connectivity index (χ0v) is 16.3. The summed E-state index contributed by atoms with van der Waals surface area (Å²) in [4.78, 5) is 39.8. The van der Waals surface area contributed by atoms with Crippen LogP contribution >= 0.6 is 0 Å². The van der Waals surface area contributed by atoms with Gasteiger partial charge in [0.05, 0.1) is 11.0 Å². The summed E-state index contributed by atoms with van der Waals surface area (Å²) < 4.78 is 0. The quantitative estimate of drug-likeness (QED) is 0.594. The topological polar surface area (TPSA) is 95.8 Å². The SMILES string of the molecule is CCNC(=O)C(C1CCCC1)N1CCN(C(=O)c2cccc([N+](=O)[O-])c2)CC1. The van der Waals surface area contributed by atoms with Crippen molar-refractivity contribution in [3.05, 3.63) is 39.9 Å². The maximum Gasteiger partial charge on any atom is 0.270 e. The zero-order valence-electron chi connectivity index (χ0n) is 16.3. The highest BCUT2D eigenvalue weighted by molar-refractivity contribution is 5.95. The highest BCUT2D eigenvalue weighted by Crippen LogP contribution is 2.31. The summed E-state index contributed by atoms with van der Waals surface area (Å²) >= 11 is 0. The first-order chi connectivity index (χ1) is 13.5. The number of nitro benzene ring substituents is 1. The third-order valence-electron chi connectivity index (χ3n) is 5.76. The number of nitrogens with zero attached hydrogens (tertiary/aromatic N) is 3. The monoisotopic (exact) mass is 388 g/mol. The molecule has 2 fully saturated rings. The highest BCUT2D eigenvalue weighted by Gasteiger charge is 2.37. The zero-order chi connectivity index (χ0) is 20.1. The lowest BCUT2D eigenvalue weighted by molar-refractivity contribution is -0.384. The Morgan fingerprint density at radius 3 is 2.50 bits per heavy atom. The van der Waals surface area contributed by atoms with Gasteiger partial charge in [-0.25, -0.2) is 0 Å². The Balaban J connectivity index is 1.65. The first kappa shape index (κ1) is 20.3. The molecule has 1 aliphatic carbocycles. The molecule has 0 radical (unpaired) electrons. The van der Waals surface area contributed by atoms with Crippen molar-refractivity contribution in [3.8, 4) is 0 Å². The molecule has 2 amide bonds. The van der Waals surface area contributed by atoms with E-state index in [1.165, 1.54) is 31.0 Å². The van der Waals surface area contributed by atoms with Gasteiger partial charge in [0.25, 0.3) is 11.6 Å². The number of piperazine rings is 1. The van der Waals surface area contributed by atoms with E-state index in [4.69, 9.17) is 0 Å². The number of rotatable bonds is 6. The number of likely N-dealkylation sites (N-methyl/N-ethyl adjacent to an activating group) is 1. The van der Waals surface area contributed by atoms with Gasteiger partial charge in [0, 0.05) is 50.4 Å². The highest BCUT2D eigenvalue weighted by atomic mass is 16.6. The van der Waals surface area contributed by atoms with E-state index in [-0.39, 0.29) is 23.5 Å².